The Kier molecular flexibility index (Phi) is 2.76. The molecule has 3 nitrogen and oxygen atoms in total. The van der Waals surface area contributed by atoms with Crippen LogP contribution in [0.1, 0.15) is 5.56 Å². The number of hydrogen-bond acceptors (Lipinski definition) is 1. The van der Waals surface area contributed by atoms with Crippen LogP contribution in [-0.2, 0) is 6.54 Å². The van der Waals surface area contributed by atoms with Crippen molar-refractivity contribution in [2.45, 2.75) is 6.54 Å². The number of H-pyrrole nitrogens is 2. The van der Waals surface area contributed by atoms with Crippen LogP contribution in [0.15, 0.2) is 54.6 Å². The van der Waals surface area contributed by atoms with E-state index in [9.17, 15) is 0 Å². The van der Waals surface area contributed by atoms with E-state index in [4.69, 9.17) is 0 Å². The molecule has 0 saturated carbocycles. The zero-order chi connectivity index (χ0) is 16.3. The molecule has 0 spiro atoms. The molecule has 0 aliphatic heterocycles. The van der Waals surface area contributed by atoms with Crippen molar-refractivity contribution >= 4 is 43.6 Å². The third kappa shape index (κ3) is 1.82. The minimum Gasteiger partial charge on any atom is -0.354 e. The topological polar surface area (TPSA) is 34.8 Å². The molecule has 0 bridgehead atoms. The van der Waals surface area contributed by atoms with Gasteiger partial charge in [0.05, 0.1) is 11.0 Å². The largest absolute Gasteiger partial charge is 0.354 e. The van der Waals surface area contributed by atoms with Crippen molar-refractivity contribution in [2.24, 2.45) is 0 Å². The van der Waals surface area contributed by atoms with Gasteiger partial charge in [-0.25, -0.2) is 0 Å². The van der Waals surface area contributed by atoms with Gasteiger partial charge in [-0.1, -0.05) is 36.4 Å². The first-order chi connectivity index (χ1) is 11.7. The van der Waals surface area contributed by atoms with Crippen molar-refractivity contribution in [1.82, 2.24) is 14.9 Å². The summed E-state index contributed by atoms with van der Waals surface area (Å²) in [5.74, 6) is 0. The highest BCUT2D eigenvalue weighted by Gasteiger charge is 2.16. The van der Waals surface area contributed by atoms with Gasteiger partial charge in [0.1, 0.15) is 0 Å². The van der Waals surface area contributed by atoms with Crippen LogP contribution in [0.5, 0.6) is 0 Å². The van der Waals surface area contributed by atoms with Crippen LogP contribution in [0, 0.1) is 0 Å². The average molecular weight is 313 g/mol. The summed E-state index contributed by atoms with van der Waals surface area (Å²) in [5.41, 5.74) is 6.21. The van der Waals surface area contributed by atoms with Crippen molar-refractivity contribution in [3.63, 3.8) is 0 Å². The first-order valence-electron chi connectivity index (χ1n) is 8.30. The third-order valence-electron chi connectivity index (χ3n) is 4.86. The fourth-order valence-electron chi connectivity index (χ4n) is 3.85. The normalized spacial score (nSPS) is 12.3. The van der Waals surface area contributed by atoms with Gasteiger partial charge >= 0.3 is 0 Å². The minimum atomic E-state index is 0.896. The van der Waals surface area contributed by atoms with Gasteiger partial charge in [0.15, 0.2) is 0 Å². The van der Waals surface area contributed by atoms with Crippen LogP contribution in [0.4, 0.5) is 0 Å². The fraction of sp³-hybridized carbons (Fsp3) is 0.143. The number of rotatable bonds is 2. The first-order valence-corrected chi connectivity index (χ1v) is 8.30. The molecule has 0 radical (unpaired) electrons. The number of nitrogens with zero attached hydrogens (tertiary/aromatic N) is 1. The average Bonchev–Trinajstić information content (AvgIpc) is 3.13. The van der Waals surface area contributed by atoms with E-state index in [2.05, 4.69) is 83.6 Å². The molecule has 0 fully saturated rings. The van der Waals surface area contributed by atoms with Crippen LogP contribution in [0.2, 0.25) is 0 Å². The van der Waals surface area contributed by atoms with Crippen LogP contribution < -0.4 is 0 Å². The summed E-state index contributed by atoms with van der Waals surface area (Å²) < 4.78 is 0. The molecule has 0 saturated heterocycles. The van der Waals surface area contributed by atoms with Crippen LogP contribution >= 0.6 is 0 Å². The zero-order valence-corrected chi connectivity index (χ0v) is 13.9. The Balaban J connectivity index is 2.03. The van der Waals surface area contributed by atoms with E-state index in [1.807, 2.05) is 0 Å². The van der Waals surface area contributed by atoms with Gasteiger partial charge in [-0.05, 0) is 32.3 Å². The third-order valence-corrected chi connectivity index (χ3v) is 4.86. The second-order valence-electron chi connectivity index (χ2n) is 6.78. The molecule has 118 valence electrons. The molecule has 0 atom stereocenters. The van der Waals surface area contributed by atoms with Gasteiger partial charge in [0.2, 0.25) is 0 Å². The lowest BCUT2D eigenvalue weighted by Crippen LogP contribution is -2.11. The van der Waals surface area contributed by atoms with Gasteiger partial charge in [-0.3, -0.25) is 0 Å². The van der Waals surface area contributed by atoms with E-state index in [1.165, 1.54) is 49.2 Å². The standard InChI is InChI=1S/C21H19N3/c1-24(2)12-17-20-15(13-7-3-5-9-18(13)22-20)11-16-14-8-4-6-10-19(14)23-21(16)17/h3-11,22-23H,12H2,1-2H3. The second-order valence-corrected chi connectivity index (χ2v) is 6.78. The van der Waals surface area contributed by atoms with Crippen molar-refractivity contribution < 1.29 is 0 Å². The molecule has 3 heteroatoms. The molecule has 5 rings (SSSR count). The highest BCUT2D eigenvalue weighted by molar-refractivity contribution is 6.19. The maximum absolute atomic E-state index is 3.64. The first kappa shape index (κ1) is 13.6. The van der Waals surface area contributed by atoms with Crippen molar-refractivity contribution in [3.8, 4) is 0 Å². The maximum atomic E-state index is 3.64. The predicted molar refractivity (Wildman–Crippen MR) is 103 cm³/mol. The Hall–Kier alpha value is -2.78. The monoisotopic (exact) mass is 313 g/mol. The molecule has 2 heterocycles. The number of benzene rings is 3. The van der Waals surface area contributed by atoms with Gasteiger partial charge in [-0.2, -0.15) is 0 Å². The fourth-order valence-corrected chi connectivity index (χ4v) is 3.85. The lowest BCUT2D eigenvalue weighted by molar-refractivity contribution is 0.405. The Morgan fingerprint density at radius 1 is 0.708 bits per heavy atom. The number of hydrogen-bond donors (Lipinski definition) is 2. The molecular formula is C21H19N3. The highest BCUT2D eigenvalue weighted by atomic mass is 15.1. The Labute approximate surface area is 139 Å². The van der Waals surface area contributed by atoms with E-state index >= 15 is 0 Å². The Morgan fingerprint density at radius 3 is 1.71 bits per heavy atom. The van der Waals surface area contributed by atoms with E-state index in [0.29, 0.717) is 0 Å². The summed E-state index contributed by atoms with van der Waals surface area (Å²) in [6.07, 6.45) is 0. The molecular weight excluding hydrogens is 294 g/mol. The van der Waals surface area contributed by atoms with Crippen molar-refractivity contribution in [1.29, 1.82) is 0 Å². The minimum absolute atomic E-state index is 0.896. The summed E-state index contributed by atoms with van der Waals surface area (Å²) in [5, 5.41) is 5.19. The molecule has 2 N–H and O–H groups in total. The Morgan fingerprint density at radius 2 is 1.21 bits per heavy atom. The summed E-state index contributed by atoms with van der Waals surface area (Å²) in [4.78, 5) is 9.51. The van der Waals surface area contributed by atoms with E-state index in [0.717, 1.165) is 6.54 Å². The number of aromatic nitrogens is 2. The summed E-state index contributed by atoms with van der Waals surface area (Å²) in [6.45, 7) is 0.896. The van der Waals surface area contributed by atoms with Gasteiger partial charge < -0.3 is 14.9 Å². The second kappa shape index (κ2) is 4.86. The predicted octanol–water partition coefficient (Wildman–Crippen LogP) is 5.02. The van der Waals surface area contributed by atoms with Crippen molar-refractivity contribution in [3.05, 3.63) is 60.2 Å². The number of para-hydroxylation sites is 2. The van der Waals surface area contributed by atoms with Gasteiger partial charge in [0, 0.05) is 44.7 Å². The molecule has 0 amide bonds. The number of fused-ring (bicyclic) bond motifs is 6. The summed E-state index contributed by atoms with van der Waals surface area (Å²) in [7, 11) is 4.24. The van der Waals surface area contributed by atoms with E-state index in [-0.39, 0.29) is 0 Å². The highest BCUT2D eigenvalue weighted by Crippen LogP contribution is 2.36. The van der Waals surface area contributed by atoms with Crippen LogP contribution in [0.25, 0.3) is 43.6 Å². The van der Waals surface area contributed by atoms with Crippen LogP contribution in [0.3, 0.4) is 0 Å². The van der Waals surface area contributed by atoms with Gasteiger partial charge in [0.25, 0.3) is 0 Å². The SMILES string of the molecule is CN(C)Cc1c2[nH]c3ccccc3c2cc2c1[nH]c1ccccc12. The molecule has 2 aromatic heterocycles. The maximum Gasteiger partial charge on any atom is 0.0532 e. The summed E-state index contributed by atoms with van der Waals surface area (Å²) in [6, 6.07) is 19.4. The zero-order valence-electron chi connectivity index (χ0n) is 13.9. The molecule has 0 unspecified atom stereocenters. The molecule has 3 aromatic carbocycles. The lowest BCUT2D eigenvalue weighted by Gasteiger charge is -2.12. The number of nitrogens with one attached hydrogen (secondary N) is 2. The smallest absolute Gasteiger partial charge is 0.0532 e. The van der Waals surface area contributed by atoms with E-state index < -0.39 is 0 Å². The van der Waals surface area contributed by atoms with Gasteiger partial charge in [-0.15, -0.1) is 0 Å². The van der Waals surface area contributed by atoms with Crippen LogP contribution in [-0.4, -0.2) is 29.0 Å². The molecule has 0 aliphatic rings. The quantitative estimate of drug-likeness (QED) is 0.471. The Bertz CT molecular complexity index is 1120. The van der Waals surface area contributed by atoms with Crippen molar-refractivity contribution in [2.75, 3.05) is 14.1 Å². The van der Waals surface area contributed by atoms with E-state index in [1.54, 1.807) is 0 Å². The lowest BCUT2D eigenvalue weighted by atomic mass is 10.0. The molecule has 24 heavy (non-hydrogen) atoms. The number of aromatic amines is 2. The molecule has 0 aliphatic carbocycles. The molecule has 5 aromatic rings. The summed E-state index contributed by atoms with van der Waals surface area (Å²) >= 11 is 0.